The first-order valence-electron chi connectivity index (χ1n) is 5.58. The van der Waals surface area contributed by atoms with E-state index in [9.17, 15) is 8.42 Å². The highest BCUT2D eigenvalue weighted by molar-refractivity contribution is 7.89. The number of hydrogen-bond donors (Lipinski definition) is 2. The molecule has 1 unspecified atom stereocenters. The van der Waals surface area contributed by atoms with Crippen LogP contribution in [0.25, 0.3) is 0 Å². The van der Waals surface area contributed by atoms with Gasteiger partial charge in [0.1, 0.15) is 0 Å². The summed E-state index contributed by atoms with van der Waals surface area (Å²) >= 11 is 0. The van der Waals surface area contributed by atoms with E-state index in [-0.39, 0.29) is 17.2 Å². The monoisotopic (exact) mass is 234 g/mol. The van der Waals surface area contributed by atoms with Crippen LogP contribution in [0, 0.1) is 5.41 Å². The SMILES string of the molecule is CCNCCCS(=O)(=O)NC1CC1(C)C. The van der Waals surface area contributed by atoms with Crippen molar-refractivity contribution >= 4 is 10.0 Å². The van der Waals surface area contributed by atoms with E-state index in [1.54, 1.807) is 0 Å². The van der Waals surface area contributed by atoms with Crippen molar-refractivity contribution in [2.24, 2.45) is 5.41 Å². The normalized spacial score (nSPS) is 24.1. The van der Waals surface area contributed by atoms with Gasteiger partial charge in [0.05, 0.1) is 5.75 Å². The highest BCUT2D eigenvalue weighted by atomic mass is 32.2. The van der Waals surface area contributed by atoms with Crippen LogP contribution in [-0.2, 0) is 10.0 Å². The van der Waals surface area contributed by atoms with Crippen molar-refractivity contribution in [2.75, 3.05) is 18.8 Å². The van der Waals surface area contributed by atoms with Crippen LogP contribution in [0.1, 0.15) is 33.6 Å². The minimum absolute atomic E-state index is 0.154. The van der Waals surface area contributed by atoms with Crippen LogP contribution < -0.4 is 10.0 Å². The van der Waals surface area contributed by atoms with Crippen LogP contribution in [0.2, 0.25) is 0 Å². The molecular weight excluding hydrogens is 212 g/mol. The molecule has 4 nitrogen and oxygen atoms in total. The predicted octanol–water partition coefficient (Wildman–Crippen LogP) is 0.704. The van der Waals surface area contributed by atoms with E-state index >= 15 is 0 Å². The van der Waals surface area contributed by atoms with Crippen molar-refractivity contribution < 1.29 is 8.42 Å². The Balaban J connectivity index is 2.22. The highest BCUT2D eigenvalue weighted by Gasteiger charge is 2.47. The fraction of sp³-hybridized carbons (Fsp3) is 1.00. The molecule has 1 aliphatic rings. The zero-order valence-corrected chi connectivity index (χ0v) is 10.7. The van der Waals surface area contributed by atoms with E-state index in [0.29, 0.717) is 6.42 Å². The van der Waals surface area contributed by atoms with E-state index in [1.165, 1.54) is 0 Å². The van der Waals surface area contributed by atoms with Gasteiger partial charge in [-0.1, -0.05) is 20.8 Å². The molecular formula is C10H22N2O2S. The Hall–Kier alpha value is -0.130. The fourth-order valence-corrected chi connectivity index (χ4v) is 2.99. The van der Waals surface area contributed by atoms with Crippen molar-refractivity contribution in [3.8, 4) is 0 Å². The maximum atomic E-state index is 11.6. The molecule has 0 aliphatic heterocycles. The molecule has 0 aromatic heterocycles. The lowest BCUT2D eigenvalue weighted by molar-refractivity contribution is 0.551. The van der Waals surface area contributed by atoms with Crippen molar-refractivity contribution in [1.82, 2.24) is 10.0 Å². The number of hydrogen-bond acceptors (Lipinski definition) is 3. The molecule has 0 bridgehead atoms. The summed E-state index contributed by atoms with van der Waals surface area (Å²) in [5.41, 5.74) is 0.161. The molecule has 5 heteroatoms. The number of sulfonamides is 1. The first kappa shape index (κ1) is 12.9. The van der Waals surface area contributed by atoms with Gasteiger partial charge in [-0.05, 0) is 31.3 Å². The van der Waals surface area contributed by atoms with E-state index in [1.807, 2.05) is 6.92 Å². The zero-order valence-electron chi connectivity index (χ0n) is 9.84. The summed E-state index contributed by atoms with van der Waals surface area (Å²) in [6, 6.07) is 0.154. The van der Waals surface area contributed by atoms with Crippen LogP contribution in [0.3, 0.4) is 0 Å². The Bertz CT molecular complexity index is 299. The van der Waals surface area contributed by atoms with Crippen molar-refractivity contribution in [1.29, 1.82) is 0 Å². The quantitative estimate of drug-likeness (QED) is 0.638. The average Bonchev–Trinajstić information content (AvgIpc) is 2.66. The number of nitrogens with one attached hydrogen (secondary N) is 2. The highest BCUT2D eigenvalue weighted by Crippen LogP contribution is 2.44. The van der Waals surface area contributed by atoms with Gasteiger partial charge in [0, 0.05) is 6.04 Å². The molecule has 90 valence electrons. The minimum Gasteiger partial charge on any atom is -0.317 e. The predicted molar refractivity (Wildman–Crippen MR) is 62.3 cm³/mol. The van der Waals surface area contributed by atoms with Gasteiger partial charge in [0.2, 0.25) is 10.0 Å². The van der Waals surface area contributed by atoms with Gasteiger partial charge >= 0.3 is 0 Å². The molecule has 1 saturated carbocycles. The lowest BCUT2D eigenvalue weighted by atomic mass is 10.2. The molecule has 0 aromatic rings. The zero-order chi connectivity index (χ0) is 11.5. The molecule has 15 heavy (non-hydrogen) atoms. The molecule has 0 heterocycles. The van der Waals surface area contributed by atoms with Crippen LogP contribution in [0.5, 0.6) is 0 Å². The van der Waals surface area contributed by atoms with Crippen molar-refractivity contribution in [2.45, 2.75) is 39.7 Å². The molecule has 0 radical (unpaired) electrons. The lowest BCUT2D eigenvalue weighted by Crippen LogP contribution is -2.31. The second kappa shape index (κ2) is 4.80. The van der Waals surface area contributed by atoms with Gasteiger partial charge in [-0.2, -0.15) is 0 Å². The van der Waals surface area contributed by atoms with Crippen LogP contribution in [0.15, 0.2) is 0 Å². The molecule has 0 amide bonds. The van der Waals surface area contributed by atoms with E-state index in [4.69, 9.17) is 0 Å². The summed E-state index contributed by atoms with van der Waals surface area (Å²) < 4.78 is 25.9. The van der Waals surface area contributed by atoms with Gasteiger partial charge in [-0.15, -0.1) is 0 Å². The van der Waals surface area contributed by atoms with Gasteiger partial charge in [-0.3, -0.25) is 0 Å². The standard InChI is InChI=1S/C10H22N2O2S/c1-4-11-6-5-7-15(13,14)12-9-8-10(9,2)3/h9,11-12H,4-8H2,1-3H3. The van der Waals surface area contributed by atoms with Gasteiger partial charge in [0.15, 0.2) is 0 Å². The first-order chi connectivity index (χ1) is 6.87. The Morgan fingerprint density at radius 3 is 2.47 bits per heavy atom. The summed E-state index contributed by atoms with van der Waals surface area (Å²) in [6.07, 6.45) is 1.63. The van der Waals surface area contributed by atoms with E-state index in [2.05, 4.69) is 23.9 Å². The van der Waals surface area contributed by atoms with Crippen molar-refractivity contribution in [3.63, 3.8) is 0 Å². The molecule has 0 aromatic carbocycles. The lowest BCUT2D eigenvalue weighted by Gasteiger charge is -2.08. The fourth-order valence-electron chi connectivity index (χ4n) is 1.51. The summed E-state index contributed by atoms with van der Waals surface area (Å²) in [5.74, 6) is 0.229. The largest absolute Gasteiger partial charge is 0.317 e. The maximum absolute atomic E-state index is 11.6. The van der Waals surface area contributed by atoms with Gasteiger partial charge < -0.3 is 5.32 Å². The van der Waals surface area contributed by atoms with Gasteiger partial charge in [-0.25, -0.2) is 13.1 Å². The molecule has 1 atom stereocenters. The maximum Gasteiger partial charge on any atom is 0.211 e. The molecule has 1 fully saturated rings. The second-order valence-electron chi connectivity index (χ2n) is 4.89. The Morgan fingerprint density at radius 2 is 2.00 bits per heavy atom. The smallest absolute Gasteiger partial charge is 0.211 e. The third-order valence-corrected chi connectivity index (χ3v) is 4.32. The molecule has 2 N–H and O–H groups in total. The van der Waals surface area contributed by atoms with E-state index in [0.717, 1.165) is 19.5 Å². The van der Waals surface area contributed by atoms with Crippen LogP contribution >= 0.6 is 0 Å². The Morgan fingerprint density at radius 1 is 1.40 bits per heavy atom. The minimum atomic E-state index is -3.06. The molecule has 0 spiro atoms. The number of rotatable bonds is 7. The second-order valence-corrected chi connectivity index (χ2v) is 6.76. The Labute approximate surface area is 92.9 Å². The van der Waals surface area contributed by atoms with Crippen molar-refractivity contribution in [3.05, 3.63) is 0 Å². The summed E-state index contributed by atoms with van der Waals surface area (Å²) in [7, 11) is -3.06. The summed E-state index contributed by atoms with van der Waals surface area (Å²) in [5, 5.41) is 3.11. The molecule has 0 saturated heterocycles. The van der Waals surface area contributed by atoms with E-state index < -0.39 is 10.0 Å². The molecule has 1 aliphatic carbocycles. The third kappa shape index (κ3) is 4.49. The van der Waals surface area contributed by atoms with Crippen LogP contribution in [-0.4, -0.2) is 33.3 Å². The van der Waals surface area contributed by atoms with Crippen LogP contribution in [0.4, 0.5) is 0 Å². The topological polar surface area (TPSA) is 58.2 Å². The summed E-state index contributed by atoms with van der Waals surface area (Å²) in [4.78, 5) is 0. The summed E-state index contributed by atoms with van der Waals surface area (Å²) in [6.45, 7) is 7.84. The van der Waals surface area contributed by atoms with Gasteiger partial charge in [0.25, 0.3) is 0 Å². The first-order valence-corrected chi connectivity index (χ1v) is 7.23. The molecule has 1 rings (SSSR count). The Kier molecular flexibility index (Phi) is 4.14. The third-order valence-electron chi connectivity index (χ3n) is 2.85. The average molecular weight is 234 g/mol.